The minimum absolute atomic E-state index is 0.182. The predicted octanol–water partition coefficient (Wildman–Crippen LogP) is 5.34. The number of hydrogen-bond acceptors (Lipinski definition) is 5. The van der Waals surface area contributed by atoms with Crippen molar-refractivity contribution in [2.24, 2.45) is 5.41 Å². The Balaban J connectivity index is 1.39. The molecule has 32 heavy (non-hydrogen) atoms. The summed E-state index contributed by atoms with van der Waals surface area (Å²) in [6, 6.07) is 8.66. The van der Waals surface area contributed by atoms with Crippen LogP contribution in [0.15, 0.2) is 30.5 Å². The monoisotopic (exact) mass is 468 g/mol. The van der Waals surface area contributed by atoms with Crippen molar-refractivity contribution < 1.29 is 5.11 Å². The first kappa shape index (κ1) is 21.6. The molecule has 2 aliphatic rings. The summed E-state index contributed by atoms with van der Waals surface area (Å²) in [5.41, 5.74) is 7.33. The van der Waals surface area contributed by atoms with Crippen molar-refractivity contribution in [3.63, 3.8) is 0 Å². The molecule has 1 aliphatic carbocycles. The molecule has 5 nitrogen and oxygen atoms in total. The Kier molecular flexibility index (Phi) is 5.60. The maximum absolute atomic E-state index is 10.1. The van der Waals surface area contributed by atoms with Crippen LogP contribution in [0.3, 0.4) is 0 Å². The maximum atomic E-state index is 10.1. The Bertz CT molecular complexity index is 1190. The Morgan fingerprint density at radius 3 is 2.53 bits per heavy atom. The van der Waals surface area contributed by atoms with Crippen LogP contribution < -0.4 is 4.90 Å². The van der Waals surface area contributed by atoms with Crippen molar-refractivity contribution in [1.29, 1.82) is 0 Å². The maximum Gasteiger partial charge on any atom is 0.153 e. The number of hydrogen-bond donors (Lipinski definition) is 1. The van der Waals surface area contributed by atoms with Gasteiger partial charge in [-0.15, -0.1) is 0 Å². The molecule has 1 aliphatic heterocycles. The molecule has 1 saturated heterocycles. The van der Waals surface area contributed by atoms with E-state index in [-0.39, 0.29) is 11.8 Å². The second-order valence-corrected chi connectivity index (χ2v) is 9.90. The average molecular weight is 469 g/mol. The summed E-state index contributed by atoms with van der Waals surface area (Å²) in [4.78, 5) is 15.9. The van der Waals surface area contributed by atoms with Gasteiger partial charge in [-0.1, -0.05) is 47.0 Å². The first-order valence-corrected chi connectivity index (χ1v) is 11.8. The fourth-order valence-corrected chi connectivity index (χ4v) is 5.63. The zero-order chi connectivity index (χ0) is 22.5. The molecule has 1 aromatic carbocycles. The lowest BCUT2D eigenvalue weighted by Gasteiger charge is -2.40. The lowest BCUT2D eigenvalue weighted by Crippen LogP contribution is -2.41. The van der Waals surface area contributed by atoms with Crippen molar-refractivity contribution in [2.45, 2.75) is 46.1 Å². The molecule has 5 rings (SSSR count). The number of nitrogens with zero attached hydrogens (tertiary/aromatic N) is 4. The molecule has 0 atom stereocenters. The quantitative estimate of drug-likeness (QED) is 0.525. The highest BCUT2D eigenvalue weighted by molar-refractivity contribution is 6.42. The van der Waals surface area contributed by atoms with E-state index in [0.29, 0.717) is 27.4 Å². The molecular weight excluding hydrogens is 443 g/mol. The normalized spacial score (nSPS) is 17.1. The van der Waals surface area contributed by atoms with Crippen LogP contribution in [0, 0.1) is 19.3 Å². The van der Waals surface area contributed by atoms with Gasteiger partial charge in [-0.3, -0.25) is 0 Å². The third kappa shape index (κ3) is 3.76. The molecule has 1 N–H and O–H groups in total. The van der Waals surface area contributed by atoms with E-state index in [1.165, 1.54) is 16.7 Å². The number of benzene rings is 1. The van der Waals surface area contributed by atoms with Gasteiger partial charge in [0.25, 0.3) is 0 Å². The van der Waals surface area contributed by atoms with Gasteiger partial charge in [0.1, 0.15) is 10.8 Å². The largest absolute Gasteiger partial charge is 0.390 e. The molecule has 1 fully saturated rings. The number of pyridine rings is 1. The Morgan fingerprint density at radius 1 is 1.03 bits per heavy atom. The van der Waals surface area contributed by atoms with Crippen molar-refractivity contribution in [3.8, 4) is 11.3 Å². The van der Waals surface area contributed by atoms with Crippen LogP contribution in [0.25, 0.3) is 11.3 Å². The van der Waals surface area contributed by atoms with Gasteiger partial charge in [0.05, 0.1) is 23.0 Å². The van der Waals surface area contributed by atoms with Gasteiger partial charge < -0.3 is 10.0 Å². The lowest BCUT2D eigenvalue weighted by atomic mass is 9.76. The number of halogens is 2. The Hall–Kier alpha value is -2.21. The number of aryl methyl sites for hydroxylation is 2. The standard InChI is InChI=1S/C25H26Cl2N4O/c1-15-3-4-17-12-25(13-18(17)11-15)6-9-31(10-7-25)24-20(14-32)30-22(16(2)29-24)19-5-8-28-23(27)21(19)26/h3-5,8,11,32H,6-7,9-10,12-14H2,1-2H3. The number of piperidine rings is 1. The van der Waals surface area contributed by atoms with Crippen LogP contribution in [-0.4, -0.2) is 33.1 Å². The van der Waals surface area contributed by atoms with Crippen molar-refractivity contribution >= 4 is 29.0 Å². The van der Waals surface area contributed by atoms with Gasteiger partial charge in [0, 0.05) is 24.8 Å². The van der Waals surface area contributed by atoms with Gasteiger partial charge in [0.2, 0.25) is 0 Å². The lowest BCUT2D eigenvalue weighted by molar-refractivity contribution is 0.231. The van der Waals surface area contributed by atoms with Crippen molar-refractivity contribution in [2.75, 3.05) is 18.0 Å². The highest BCUT2D eigenvalue weighted by Gasteiger charge is 2.40. The molecule has 166 valence electrons. The minimum atomic E-state index is -0.182. The van der Waals surface area contributed by atoms with Gasteiger partial charge in [-0.2, -0.15) is 0 Å². The summed E-state index contributed by atoms with van der Waals surface area (Å²) >= 11 is 12.5. The van der Waals surface area contributed by atoms with Gasteiger partial charge >= 0.3 is 0 Å². The van der Waals surface area contributed by atoms with E-state index in [1.54, 1.807) is 12.3 Å². The third-order valence-electron chi connectivity index (χ3n) is 6.99. The molecule has 7 heteroatoms. The molecule has 0 unspecified atom stereocenters. The number of aliphatic hydroxyl groups is 1. The fourth-order valence-electron chi connectivity index (χ4n) is 5.27. The molecule has 3 aromatic rings. The topological polar surface area (TPSA) is 62.1 Å². The molecular formula is C25H26Cl2N4O. The average Bonchev–Trinajstić information content (AvgIpc) is 3.13. The van der Waals surface area contributed by atoms with Crippen LogP contribution in [0.4, 0.5) is 5.82 Å². The van der Waals surface area contributed by atoms with E-state index in [0.717, 1.165) is 50.3 Å². The number of aromatic nitrogens is 3. The highest BCUT2D eigenvalue weighted by Crippen LogP contribution is 2.45. The zero-order valence-electron chi connectivity index (χ0n) is 18.3. The van der Waals surface area contributed by atoms with Crippen molar-refractivity contribution in [1.82, 2.24) is 15.0 Å². The highest BCUT2D eigenvalue weighted by atomic mass is 35.5. The fraction of sp³-hybridized carbons (Fsp3) is 0.400. The summed E-state index contributed by atoms with van der Waals surface area (Å²) in [5.74, 6) is 0.770. The third-order valence-corrected chi connectivity index (χ3v) is 7.75. The Morgan fingerprint density at radius 2 is 1.78 bits per heavy atom. The SMILES string of the molecule is Cc1ccc2c(c1)CC1(CCN(c3nc(C)c(-c4ccnc(Cl)c4Cl)nc3CO)CC1)C2. The zero-order valence-corrected chi connectivity index (χ0v) is 19.8. The number of anilines is 1. The van der Waals surface area contributed by atoms with Gasteiger partial charge in [0.15, 0.2) is 5.82 Å². The molecule has 0 radical (unpaired) electrons. The predicted molar refractivity (Wildman–Crippen MR) is 128 cm³/mol. The number of fused-ring (bicyclic) bond motifs is 1. The number of aliphatic hydroxyl groups excluding tert-OH is 1. The summed E-state index contributed by atoms with van der Waals surface area (Å²) in [5, 5.41) is 10.7. The van der Waals surface area contributed by atoms with Crippen molar-refractivity contribution in [3.05, 3.63) is 68.7 Å². The Labute approximate surface area is 198 Å². The van der Waals surface area contributed by atoms with Crippen LogP contribution in [0.2, 0.25) is 10.2 Å². The minimum Gasteiger partial charge on any atom is -0.390 e. The van der Waals surface area contributed by atoms with Crippen LogP contribution >= 0.6 is 23.2 Å². The molecule has 0 saturated carbocycles. The molecule has 0 bridgehead atoms. The second kappa shape index (κ2) is 8.29. The summed E-state index contributed by atoms with van der Waals surface area (Å²) in [7, 11) is 0. The van der Waals surface area contributed by atoms with E-state index in [4.69, 9.17) is 33.2 Å². The van der Waals surface area contributed by atoms with E-state index in [1.807, 2.05) is 6.92 Å². The van der Waals surface area contributed by atoms with E-state index < -0.39 is 0 Å². The first-order chi connectivity index (χ1) is 15.4. The number of rotatable bonds is 3. The van der Waals surface area contributed by atoms with E-state index in [9.17, 15) is 5.11 Å². The molecule has 3 heterocycles. The van der Waals surface area contributed by atoms with E-state index in [2.05, 4.69) is 35.0 Å². The van der Waals surface area contributed by atoms with E-state index >= 15 is 0 Å². The summed E-state index contributed by atoms with van der Waals surface area (Å²) in [6.07, 6.45) is 6.14. The molecule has 0 amide bonds. The van der Waals surface area contributed by atoms with Gasteiger partial charge in [-0.05, 0) is 62.1 Å². The van der Waals surface area contributed by atoms with Gasteiger partial charge in [-0.25, -0.2) is 15.0 Å². The van der Waals surface area contributed by atoms with Crippen LogP contribution in [0.5, 0.6) is 0 Å². The van der Waals surface area contributed by atoms with Crippen LogP contribution in [0.1, 0.15) is 40.9 Å². The first-order valence-electron chi connectivity index (χ1n) is 11.0. The summed E-state index contributed by atoms with van der Waals surface area (Å²) in [6.45, 7) is 5.73. The summed E-state index contributed by atoms with van der Waals surface area (Å²) < 4.78 is 0. The molecule has 1 spiro atoms. The smallest absolute Gasteiger partial charge is 0.153 e. The second-order valence-electron chi connectivity index (χ2n) is 9.16. The van der Waals surface area contributed by atoms with Crippen LogP contribution in [-0.2, 0) is 19.4 Å². The molecule has 2 aromatic heterocycles.